The van der Waals surface area contributed by atoms with Gasteiger partial charge in [-0.05, 0) is 42.2 Å². The van der Waals surface area contributed by atoms with Gasteiger partial charge in [0.15, 0.2) is 0 Å². The van der Waals surface area contributed by atoms with Crippen molar-refractivity contribution in [2.45, 2.75) is 50.2 Å². The molecule has 1 saturated carbocycles. The Morgan fingerprint density at radius 3 is 2.51 bits per heavy atom. The lowest BCUT2D eigenvalue weighted by molar-refractivity contribution is -0.384. The lowest BCUT2D eigenvalue weighted by Crippen LogP contribution is -2.49. The minimum atomic E-state index is -0.945. The Kier molecular flexibility index (Phi) is 5.75. The van der Waals surface area contributed by atoms with Crippen LogP contribution in [0.5, 0.6) is 0 Å². The molecule has 6 rings (SSSR count). The second kappa shape index (κ2) is 8.99. The molecular weight excluding hydrogens is 496 g/mol. The molecule has 3 amide bonds. The number of amides is 3. The van der Waals surface area contributed by atoms with Gasteiger partial charge in [0.1, 0.15) is 11.1 Å². The number of nitrogens with zero attached hydrogens (tertiary/aromatic N) is 3. The molecular formula is C27H25ClN4O5. The van der Waals surface area contributed by atoms with Crippen LogP contribution in [0.4, 0.5) is 11.4 Å². The Hall–Kier alpha value is -3.72. The van der Waals surface area contributed by atoms with Gasteiger partial charge >= 0.3 is 0 Å². The highest BCUT2D eigenvalue weighted by molar-refractivity contribution is 6.32. The highest BCUT2D eigenvalue weighted by atomic mass is 35.5. The molecule has 0 bridgehead atoms. The molecule has 0 aromatic heterocycles. The summed E-state index contributed by atoms with van der Waals surface area (Å²) in [6, 6.07) is 10.2. The van der Waals surface area contributed by atoms with Crippen molar-refractivity contribution in [2.24, 2.45) is 11.8 Å². The fraction of sp³-hybridized carbons (Fsp3) is 0.370. The highest BCUT2D eigenvalue weighted by Gasteiger charge is 2.65. The van der Waals surface area contributed by atoms with Gasteiger partial charge in [0.2, 0.25) is 17.7 Å². The molecule has 0 spiro atoms. The predicted molar refractivity (Wildman–Crippen MR) is 136 cm³/mol. The summed E-state index contributed by atoms with van der Waals surface area (Å²) in [5, 5.41) is 14.0. The first-order valence-electron chi connectivity index (χ1n) is 12.5. The molecule has 2 aromatic carbocycles. The minimum absolute atomic E-state index is 0.0424. The zero-order valence-electron chi connectivity index (χ0n) is 19.9. The third kappa shape index (κ3) is 3.71. The van der Waals surface area contributed by atoms with Crippen molar-refractivity contribution in [3.63, 3.8) is 0 Å². The number of benzene rings is 2. The number of hydrogen-bond donors (Lipinski definition) is 1. The fourth-order valence-corrected chi connectivity index (χ4v) is 6.71. The Morgan fingerprint density at radius 1 is 1.03 bits per heavy atom. The van der Waals surface area contributed by atoms with E-state index < -0.39 is 34.7 Å². The molecule has 0 unspecified atom stereocenters. The second-order valence-electron chi connectivity index (χ2n) is 10.1. The number of likely N-dealkylation sites (tertiary alicyclic amines) is 1. The van der Waals surface area contributed by atoms with Crippen LogP contribution in [0.15, 0.2) is 48.7 Å². The van der Waals surface area contributed by atoms with Crippen molar-refractivity contribution in [1.29, 1.82) is 0 Å². The van der Waals surface area contributed by atoms with Crippen molar-refractivity contribution in [1.82, 2.24) is 9.80 Å². The summed E-state index contributed by atoms with van der Waals surface area (Å²) < 4.78 is 0. The van der Waals surface area contributed by atoms with Gasteiger partial charge in [0.05, 0.1) is 22.8 Å². The number of carbonyl (C=O) groups is 3. The number of carbonyl (C=O) groups excluding carboxylic acids is 3. The quantitative estimate of drug-likeness (QED) is 0.360. The molecule has 10 heteroatoms. The monoisotopic (exact) mass is 520 g/mol. The topological polar surface area (TPSA) is 113 Å². The van der Waals surface area contributed by atoms with Crippen molar-refractivity contribution in [2.75, 3.05) is 5.32 Å². The Bertz CT molecular complexity index is 1350. The lowest BCUT2D eigenvalue weighted by atomic mass is 9.84. The molecule has 3 heterocycles. The van der Waals surface area contributed by atoms with Crippen LogP contribution >= 0.6 is 11.6 Å². The van der Waals surface area contributed by atoms with Crippen LogP contribution in [0.25, 0.3) is 6.08 Å². The molecule has 1 N–H and O–H groups in total. The molecule has 9 nitrogen and oxygen atoms in total. The van der Waals surface area contributed by atoms with Gasteiger partial charge < -0.3 is 10.2 Å². The maximum absolute atomic E-state index is 13.9. The Morgan fingerprint density at radius 2 is 1.76 bits per heavy atom. The normalized spacial score (nSPS) is 26.6. The third-order valence-electron chi connectivity index (χ3n) is 8.11. The number of rotatable bonds is 4. The van der Waals surface area contributed by atoms with E-state index in [1.165, 1.54) is 23.1 Å². The Labute approximate surface area is 218 Å². The van der Waals surface area contributed by atoms with Crippen molar-refractivity contribution in [3.8, 4) is 0 Å². The lowest BCUT2D eigenvalue weighted by Gasteiger charge is -2.37. The molecule has 0 radical (unpaired) electrons. The smallest absolute Gasteiger partial charge is 0.289 e. The average Bonchev–Trinajstić information content (AvgIpc) is 3.38. The number of nitro groups is 1. The fourth-order valence-electron chi connectivity index (χ4n) is 6.53. The largest absolute Gasteiger partial charge is 0.357 e. The number of fused-ring (bicyclic) bond motifs is 5. The number of nitrogens with one attached hydrogen (secondary N) is 1. The van der Waals surface area contributed by atoms with Crippen molar-refractivity contribution >= 4 is 46.8 Å². The summed E-state index contributed by atoms with van der Waals surface area (Å²) in [5.74, 6) is -2.54. The van der Waals surface area contributed by atoms with E-state index in [1.54, 1.807) is 6.20 Å². The molecule has 3 aliphatic heterocycles. The summed E-state index contributed by atoms with van der Waals surface area (Å²) >= 11 is 5.93. The van der Waals surface area contributed by atoms with Crippen LogP contribution in [0.3, 0.4) is 0 Å². The van der Waals surface area contributed by atoms with Gasteiger partial charge in [-0.2, -0.15) is 0 Å². The first-order valence-corrected chi connectivity index (χ1v) is 12.9. The van der Waals surface area contributed by atoms with E-state index in [0.29, 0.717) is 0 Å². The van der Waals surface area contributed by atoms with Gasteiger partial charge in [-0.1, -0.05) is 55.1 Å². The number of anilines is 1. The summed E-state index contributed by atoms with van der Waals surface area (Å²) in [5.41, 5.74) is 1.73. The first kappa shape index (κ1) is 23.7. The van der Waals surface area contributed by atoms with Crippen LogP contribution in [0.2, 0.25) is 5.02 Å². The van der Waals surface area contributed by atoms with Gasteiger partial charge in [-0.3, -0.25) is 29.4 Å². The summed E-state index contributed by atoms with van der Waals surface area (Å²) in [7, 11) is 0. The first-order chi connectivity index (χ1) is 17.9. The van der Waals surface area contributed by atoms with E-state index in [2.05, 4.69) is 5.32 Å². The van der Waals surface area contributed by atoms with Gasteiger partial charge in [0.25, 0.3) is 5.69 Å². The molecule has 4 atom stereocenters. The summed E-state index contributed by atoms with van der Waals surface area (Å²) in [6.45, 7) is 0. The van der Waals surface area contributed by atoms with E-state index in [9.17, 15) is 24.5 Å². The van der Waals surface area contributed by atoms with Gasteiger partial charge in [-0.15, -0.1) is 0 Å². The van der Waals surface area contributed by atoms with E-state index >= 15 is 0 Å². The van der Waals surface area contributed by atoms with Gasteiger partial charge in [0, 0.05) is 24.0 Å². The maximum atomic E-state index is 13.9. The van der Waals surface area contributed by atoms with Crippen LogP contribution in [0.1, 0.15) is 49.3 Å². The van der Waals surface area contributed by atoms with Crippen LogP contribution in [-0.2, 0) is 14.4 Å². The molecule has 1 aliphatic carbocycles. The summed E-state index contributed by atoms with van der Waals surface area (Å²) in [6.07, 6.45) is 8.26. The highest BCUT2D eigenvalue weighted by Crippen LogP contribution is 2.53. The molecule has 3 fully saturated rings. The average molecular weight is 521 g/mol. The molecule has 2 saturated heterocycles. The molecule has 4 aliphatic rings. The van der Waals surface area contributed by atoms with Crippen LogP contribution < -0.4 is 5.32 Å². The SMILES string of the molecule is O=C(Nc1ccc(Cl)c([N+](=O)[O-])c1)[C@@H]1[C@@H]2C(=O)N(C3CCCCC3)C(=O)[C@H]2[C@H]2c3ccccc3C=CN12. The van der Waals surface area contributed by atoms with E-state index in [1.807, 2.05) is 35.2 Å². The number of hydrogen-bond acceptors (Lipinski definition) is 6. The number of nitro benzene ring substituents is 1. The standard InChI is InChI=1S/C27H25ClN4O5/c28-19-11-10-16(14-20(19)32(36)37)29-25(33)24-22-21(23-18-9-5-4-6-15(18)12-13-30(23)24)26(34)31(27(22)35)17-7-2-1-3-8-17/h4-6,9-14,17,21-24H,1-3,7-8H2,(H,29,33)/t21-,22-,23-,24+/m1/s1. The number of halogens is 1. The minimum Gasteiger partial charge on any atom is -0.357 e. The second-order valence-corrected chi connectivity index (χ2v) is 10.5. The van der Waals surface area contributed by atoms with Crippen molar-refractivity contribution < 1.29 is 19.3 Å². The zero-order chi connectivity index (χ0) is 25.8. The van der Waals surface area contributed by atoms with Crippen LogP contribution in [0, 0.1) is 22.0 Å². The predicted octanol–water partition coefficient (Wildman–Crippen LogP) is 4.53. The van der Waals surface area contributed by atoms with Crippen molar-refractivity contribution in [3.05, 3.63) is 74.9 Å². The Balaban J connectivity index is 1.39. The molecule has 2 aromatic rings. The zero-order valence-corrected chi connectivity index (χ0v) is 20.6. The maximum Gasteiger partial charge on any atom is 0.289 e. The number of imide groups is 1. The molecule has 37 heavy (non-hydrogen) atoms. The van der Waals surface area contributed by atoms with Crippen LogP contribution in [-0.4, -0.2) is 44.5 Å². The summed E-state index contributed by atoms with van der Waals surface area (Å²) in [4.78, 5) is 55.5. The molecule has 190 valence electrons. The van der Waals surface area contributed by atoms with E-state index in [4.69, 9.17) is 11.6 Å². The third-order valence-corrected chi connectivity index (χ3v) is 8.43. The van der Waals surface area contributed by atoms with Gasteiger partial charge in [-0.25, -0.2) is 0 Å². The van der Waals surface area contributed by atoms with E-state index in [0.717, 1.165) is 43.2 Å². The van der Waals surface area contributed by atoms with E-state index in [-0.39, 0.29) is 34.3 Å².